The molecule has 0 aromatic heterocycles. The fraction of sp³-hybridized carbons (Fsp3) is 0.571. The summed E-state index contributed by atoms with van der Waals surface area (Å²) in [4.78, 5) is 32.3. The second-order valence-electron chi connectivity index (χ2n) is 15.8. The minimum Gasteiger partial charge on any atom is -0.459 e. The van der Waals surface area contributed by atoms with Crippen molar-refractivity contribution in [2.24, 2.45) is 28.3 Å². The number of non-ortho nitro benzene ring substituents is 1. The number of allylic oxidation sites excluding steroid dienone is 1. The Hall–Kier alpha value is -4.46. The predicted octanol–water partition coefficient (Wildman–Crippen LogP) is 8.16. The van der Waals surface area contributed by atoms with Crippen LogP contribution in [0.5, 0.6) is 17.2 Å². The largest absolute Gasteiger partial charge is 0.459 e. The number of carbonyl (C=O) groups is 1. The second kappa shape index (κ2) is 18.4. The number of ether oxygens (including phenoxy) is 4. The summed E-state index contributed by atoms with van der Waals surface area (Å²) in [5.74, 6) is -0.721. The van der Waals surface area contributed by atoms with Gasteiger partial charge in [-0.2, -0.15) is 0 Å². The van der Waals surface area contributed by atoms with Crippen LogP contribution in [0, 0.1) is 33.3 Å². The van der Waals surface area contributed by atoms with E-state index < -0.39 is 28.8 Å². The quantitative estimate of drug-likeness (QED) is 0.0656. The van der Waals surface area contributed by atoms with Crippen LogP contribution < -0.4 is 9.47 Å². The van der Waals surface area contributed by atoms with Gasteiger partial charge in [-0.25, -0.2) is 4.79 Å². The van der Waals surface area contributed by atoms with Gasteiger partial charge in [-0.1, -0.05) is 57.0 Å². The van der Waals surface area contributed by atoms with Gasteiger partial charge in [0.25, 0.3) is 5.69 Å². The monoisotopic (exact) mass is 763 g/mol. The summed E-state index contributed by atoms with van der Waals surface area (Å²) in [7, 11) is 1.70. The van der Waals surface area contributed by atoms with E-state index in [0.717, 1.165) is 36.8 Å². The molecular formula is C42H57N3O10. The number of benzene rings is 2. The Bertz CT molecular complexity index is 1720. The number of nitrogens with zero attached hydrogens (tertiary/aromatic N) is 3. The van der Waals surface area contributed by atoms with E-state index in [1.165, 1.54) is 12.1 Å². The van der Waals surface area contributed by atoms with Crippen molar-refractivity contribution < 1.29 is 43.7 Å². The van der Waals surface area contributed by atoms with Gasteiger partial charge in [-0.15, -0.1) is 6.58 Å². The van der Waals surface area contributed by atoms with Gasteiger partial charge in [0.15, 0.2) is 0 Å². The number of nitro groups is 1. The van der Waals surface area contributed by atoms with Crippen LogP contribution in [0.1, 0.15) is 84.1 Å². The molecule has 2 N–H and O–H groups in total. The zero-order valence-electron chi connectivity index (χ0n) is 32.8. The van der Waals surface area contributed by atoms with Gasteiger partial charge in [-0.3, -0.25) is 10.1 Å². The van der Waals surface area contributed by atoms with Crippen LogP contribution >= 0.6 is 0 Å². The number of fused-ring (bicyclic) bond motifs is 2. The molecule has 300 valence electrons. The van der Waals surface area contributed by atoms with Crippen LogP contribution in [0.3, 0.4) is 0 Å². The van der Waals surface area contributed by atoms with Crippen LogP contribution in [0.25, 0.3) is 0 Å². The van der Waals surface area contributed by atoms with Crippen molar-refractivity contribution in [1.29, 1.82) is 0 Å². The molecule has 3 aliphatic rings. The number of hydrogen-bond acceptors (Lipinski definition) is 11. The Kier molecular flexibility index (Phi) is 14.0. The number of likely N-dealkylation sites (N-methyl/N-ethyl adjacent to an activating group) is 1. The van der Waals surface area contributed by atoms with Crippen molar-refractivity contribution in [3.8, 4) is 17.2 Å². The average molecular weight is 764 g/mol. The minimum atomic E-state index is -1.41. The Labute approximate surface area is 324 Å². The molecule has 1 fully saturated rings. The molecule has 1 saturated carbocycles. The number of carbonyl (C=O) groups excluding carboxylic acids is 1. The summed E-state index contributed by atoms with van der Waals surface area (Å²) in [6.07, 6.45) is 8.13. The fourth-order valence-corrected chi connectivity index (χ4v) is 8.24. The molecule has 1 aliphatic heterocycles. The second-order valence-corrected chi connectivity index (χ2v) is 15.8. The van der Waals surface area contributed by atoms with Crippen LogP contribution in [0.4, 0.5) is 10.5 Å². The number of aliphatic hydroxyl groups excluding tert-OH is 2. The molecule has 0 spiro atoms. The number of aliphatic hydroxyl groups is 2. The molecule has 0 radical (unpaired) electrons. The Morgan fingerprint density at radius 1 is 1.11 bits per heavy atom. The predicted molar refractivity (Wildman–Crippen MR) is 208 cm³/mol. The van der Waals surface area contributed by atoms with Crippen LogP contribution in [-0.2, 0) is 14.3 Å². The molecule has 1 amide bonds. The molecule has 6 atom stereocenters. The third kappa shape index (κ3) is 9.50. The first-order valence-electron chi connectivity index (χ1n) is 19.4. The number of hydrogen-bond donors (Lipinski definition) is 2. The Morgan fingerprint density at radius 3 is 2.51 bits per heavy atom. The zero-order valence-corrected chi connectivity index (χ0v) is 32.8. The molecule has 0 saturated heterocycles. The summed E-state index contributed by atoms with van der Waals surface area (Å²) >= 11 is 0. The molecular weight excluding hydrogens is 706 g/mol. The summed E-state index contributed by atoms with van der Waals surface area (Å²) in [5, 5.41) is 35.8. The molecule has 0 unspecified atom stereocenters. The van der Waals surface area contributed by atoms with Crippen LogP contribution in [0.2, 0.25) is 0 Å². The highest BCUT2D eigenvalue weighted by molar-refractivity contribution is 6.02. The molecule has 0 bridgehead atoms. The highest BCUT2D eigenvalue weighted by atomic mass is 16.7. The van der Waals surface area contributed by atoms with Gasteiger partial charge in [0.05, 0.1) is 35.8 Å². The standard InChI is InChI=1S/C42H57N3O10/c1-7-22-52-42-37(44(6)40(48)51-27-41(3,4)5)26-35(43-53-8-2)33-23-28(14-9-11-20-46)32(17-10-12-21-47)38(39(33)42)34-25-31(18-19-36(34)55-42)54-30-16-13-15-29(24-30)45(49)50/h7,13,15-16,18-19,23-25,28,32,37-39,46-47H,1,8-12,14,17,20-22,26-27H2,2-6H3/t28-,32+,37-,38+,39+,42+/m0/s1. The third-order valence-corrected chi connectivity index (χ3v) is 10.6. The maximum atomic E-state index is 13.9. The van der Waals surface area contributed by atoms with Crippen molar-refractivity contribution in [2.45, 2.75) is 90.4 Å². The molecule has 5 rings (SSSR count). The van der Waals surface area contributed by atoms with E-state index in [4.69, 9.17) is 23.8 Å². The van der Waals surface area contributed by atoms with E-state index >= 15 is 0 Å². The number of rotatable bonds is 18. The molecule has 13 nitrogen and oxygen atoms in total. The lowest BCUT2D eigenvalue weighted by Crippen LogP contribution is -2.69. The topological polar surface area (TPSA) is 162 Å². The van der Waals surface area contributed by atoms with E-state index in [1.807, 2.05) is 39.8 Å². The van der Waals surface area contributed by atoms with Gasteiger partial charge < -0.3 is 38.9 Å². The number of amides is 1. The first-order chi connectivity index (χ1) is 26.4. The number of oxime groups is 1. The highest BCUT2D eigenvalue weighted by Gasteiger charge is 2.65. The molecule has 55 heavy (non-hydrogen) atoms. The molecule has 2 aromatic carbocycles. The highest BCUT2D eigenvalue weighted by Crippen LogP contribution is 2.62. The minimum absolute atomic E-state index is 0.0200. The summed E-state index contributed by atoms with van der Waals surface area (Å²) < 4.78 is 26.1. The van der Waals surface area contributed by atoms with Crippen molar-refractivity contribution >= 4 is 17.5 Å². The van der Waals surface area contributed by atoms with E-state index in [-0.39, 0.29) is 61.7 Å². The van der Waals surface area contributed by atoms with Crippen LogP contribution in [-0.4, -0.2) is 83.8 Å². The summed E-state index contributed by atoms with van der Waals surface area (Å²) in [5.41, 5.74) is 2.13. The van der Waals surface area contributed by atoms with Crippen molar-refractivity contribution in [1.82, 2.24) is 4.90 Å². The van der Waals surface area contributed by atoms with Crippen molar-refractivity contribution in [2.75, 3.05) is 40.1 Å². The number of nitro benzene ring substituents is 1. The molecule has 1 heterocycles. The zero-order chi connectivity index (χ0) is 39.8. The van der Waals surface area contributed by atoms with Gasteiger partial charge in [-0.05, 0) is 79.7 Å². The summed E-state index contributed by atoms with van der Waals surface area (Å²) in [6, 6.07) is 10.9. The van der Waals surface area contributed by atoms with Crippen LogP contribution in [0.15, 0.2) is 71.9 Å². The van der Waals surface area contributed by atoms with E-state index in [9.17, 15) is 25.1 Å². The van der Waals surface area contributed by atoms with E-state index in [1.54, 1.807) is 36.2 Å². The SMILES string of the molecule is C=CCO[C@@]12Oc3ccc(Oc4cccc([N+](=O)[O-])c4)cc3[C@H]3[C@H](CCCCO)[C@@H](CCCCO)C=C(C(=NOCC)C[C@@H]1N(C)C(=O)OCC(C)(C)C)[C@H]32. The normalized spacial score (nSPS) is 24.8. The summed E-state index contributed by atoms with van der Waals surface area (Å²) in [6.45, 7) is 12.7. The lowest BCUT2D eigenvalue weighted by atomic mass is 9.55. The number of unbranched alkanes of at least 4 members (excludes halogenated alkanes) is 2. The Morgan fingerprint density at radius 2 is 1.84 bits per heavy atom. The van der Waals surface area contributed by atoms with Crippen molar-refractivity contribution in [3.05, 3.63) is 82.4 Å². The van der Waals surface area contributed by atoms with E-state index in [2.05, 4.69) is 17.8 Å². The first-order valence-corrected chi connectivity index (χ1v) is 19.4. The molecule has 13 heteroatoms. The van der Waals surface area contributed by atoms with Gasteiger partial charge >= 0.3 is 6.09 Å². The lowest BCUT2D eigenvalue weighted by molar-refractivity contribution is -0.384. The van der Waals surface area contributed by atoms with E-state index in [0.29, 0.717) is 42.4 Å². The smallest absolute Gasteiger partial charge is 0.410 e. The van der Waals surface area contributed by atoms with Gasteiger partial charge in [0.1, 0.15) is 29.9 Å². The lowest BCUT2D eigenvalue weighted by Gasteiger charge is -2.59. The fourth-order valence-electron chi connectivity index (χ4n) is 8.24. The maximum Gasteiger partial charge on any atom is 0.410 e. The van der Waals surface area contributed by atoms with Gasteiger partial charge in [0.2, 0.25) is 5.79 Å². The Balaban J connectivity index is 1.73. The third-order valence-electron chi connectivity index (χ3n) is 10.6. The molecule has 2 aromatic rings. The average Bonchev–Trinajstić information content (AvgIpc) is 3.16. The van der Waals surface area contributed by atoms with Gasteiger partial charge in [0, 0.05) is 44.2 Å². The van der Waals surface area contributed by atoms with Crippen molar-refractivity contribution in [3.63, 3.8) is 0 Å². The maximum absolute atomic E-state index is 13.9. The molecule has 2 aliphatic carbocycles. The first kappa shape index (κ1) is 41.7.